The minimum absolute atomic E-state index is 0.231. The summed E-state index contributed by atoms with van der Waals surface area (Å²) < 4.78 is 7.41. The second-order valence-corrected chi connectivity index (χ2v) is 7.21. The van der Waals surface area contributed by atoms with Crippen molar-refractivity contribution >= 4 is 28.3 Å². The number of nitrogens with one attached hydrogen (secondary N) is 1. The lowest BCUT2D eigenvalue weighted by Gasteiger charge is -2.11. The van der Waals surface area contributed by atoms with Gasteiger partial charge >= 0.3 is 0 Å². The number of pyridine rings is 1. The largest absolute Gasteiger partial charge is 0.495 e. The van der Waals surface area contributed by atoms with Crippen LogP contribution in [0.1, 0.15) is 16.1 Å². The van der Waals surface area contributed by atoms with Crippen LogP contribution in [0.15, 0.2) is 73.2 Å². The van der Waals surface area contributed by atoms with Gasteiger partial charge in [0.15, 0.2) is 0 Å². The molecular weight excluding hydrogens is 390 g/mol. The van der Waals surface area contributed by atoms with E-state index < -0.39 is 0 Å². The molecule has 0 aliphatic carbocycles. The zero-order valence-corrected chi connectivity index (χ0v) is 17.0. The molecule has 0 atom stereocenters. The van der Waals surface area contributed by atoms with Gasteiger partial charge in [-0.25, -0.2) is 9.97 Å². The Kier molecular flexibility index (Phi) is 4.55. The Morgan fingerprint density at radius 2 is 1.87 bits per heavy atom. The lowest BCUT2D eigenvalue weighted by atomic mass is 10.1. The summed E-state index contributed by atoms with van der Waals surface area (Å²) in [6.07, 6.45) is 5.40. The van der Waals surface area contributed by atoms with Crippen LogP contribution >= 0.6 is 0 Å². The highest BCUT2D eigenvalue weighted by molar-refractivity contribution is 6.04. The fraction of sp³-hybridized carbons (Fsp3) is 0.0833. The monoisotopic (exact) mass is 409 g/mol. The maximum Gasteiger partial charge on any atom is 0.275 e. The zero-order chi connectivity index (χ0) is 21.4. The van der Waals surface area contributed by atoms with Gasteiger partial charge in [0.05, 0.1) is 35.7 Å². The molecule has 152 valence electrons. The van der Waals surface area contributed by atoms with Crippen LogP contribution in [0.5, 0.6) is 5.75 Å². The Morgan fingerprint density at radius 1 is 1.03 bits per heavy atom. The van der Waals surface area contributed by atoms with Crippen molar-refractivity contribution in [1.82, 2.24) is 19.4 Å². The fourth-order valence-electron chi connectivity index (χ4n) is 3.44. The average Bonchev–Trinajstić information content (AvgIpc) is 3.22. The third-order valence-electron chi connectivity index (χ3n) is 5.04. The Morgan fingerprint density at radius 3 is 2.71 bits per heavy atom. The molecule has 0 saturated heterocycles. The molecule has 2 aromatic carbocycles. The van der Waals surface area contributed by atoms with Crippen molar-refractivity contribution in [2.75, 3.05) is 12.4 Å². The number of aromatic nitrogens is 4. The van der Waals surface area contributed by atoms with E-state index in [1.807, 2.05) is 78.3 Å². The van der Waals surface area contributed by atoms with Crippen LogP contribution in [0.3, 0.4) is 0 Å². The maximum atomic E-state index is 12.9. The lowest BCUT2D eigenvalue weighted by Crippen LogP contribution is -2.15. The summed E-state index contributed by atoms with van der Waals surface area (Å²) in [6, 6.07) is 17.1. The number of methoxy groups -OCH3 is 1. The smallest absolute Gasteiger partial charge is 0.275 e. The van der Waals surface area contributed by atoms with E-state index in [1.54, 1.807) is 7.11 Å². The summed E-state index contributed by atoms with van der Waals surface area (Å²) in [5, 5.41) is 2.89. The summed E-state index contributed by atoms with van der Waals surface area (Å²) in [5.41, 5.74) is 5.84. The molecule has 1 N–H and O–H groups in total. The molecule has 0 saturated carbocycles. The molecule has 3 heterocycles. The molecule has 0 unspecified atom stereocenters. The van der Waals surface area contributed by atoms with Crippen LogP contribution in [0.4, 0.5) is 5.69 Å². The van der Waals surface area contributed by atoms with E-state index >= 15 is 0 Å². The van der Waals surface area contributed by atoms with Gasteiger partial charge in [-0.3, -0.25) is 9.78 Å². The Labute approximate surface area is 178 Å². The first-order valence-electron chi connectivity index (χ1n) is 9.77. The third-order valence-corrected chi connectivity index (χ3v) is 5.04. The van der Waals surface area contributed by atoms with E-state index in [2.05, 4.69) is 15.3 Å². The number of imidazole rings is 1. The lowest BCUT2D eigenvalue weighted by molar-refractivity contribution is 0.102. The average molecular weight is 409 g/mol. The number of amides is 1. The first kappa shape index (κ1) is 18.7. The van der Waals surface area contributed by atoms with Crippen molar-refractivity contribution in [3.8, 4) is 17.0 Å². The number of fused-ring (bicyclic) bond motifs is 2. The van der Waals surface area contributed by atoms with E-state index in [0.717, 1.165) is 28.0 Å². The van der Waals surface area contributed by atoms with Gasteiger partial charge in [0.25, 0.3) is 5.91 Å². The van der Waals surface area contributed by atoms with Crippen molar-refractivity contribution in [3.05, 3.63) is 84.4 Å². The first-order chi connectivity index (χ1) is 15.1. The van der Waals surface area contributed by atoms with Crippen molar-refractivity contribution in [2.24, 2.45) is 0 Å². The van der Waals surface area contributed by atoms with Crippen molar-refractivity contribution in [2.45, 2.75) is 6.92 Å². The van der Waals surface area contributed by atoms with E-state index in [4.69, 9.17) is 9.72 Å². The van der Waals surface area contributed by atoms with Crippen LogP contribution in [-0.4, -0.2) is 32.4 Å². The zero-order valence-electron chi connectivity index (χ0n) is 17.0. The molecule has 0 bridgehead atoms. The van der Waals surface area contributed by atoms with E-state index in [9.17, 15) is 4.79 Å². The van der Waals surface area contributed by atoms with Crippen LogP contribution in [0.25, 0.3) is 27.9 Å². The summed E-state index contributed by atoms with van der Waals surface area (Å²) in [5.74, 6) is 0.185. The van der Waals surface area contributed by atoms with E-state index in [1.165, 1.54) is 6.20 Å². The number of anilines is 1. The number of hydrogen-bond acceptors (Lipinski definition) is 5. The molecule has 7 nitrogen and oxygen atoms in total. The minimum Gasteiger partial charge on any atom is -0.495 e. The molecular formula is C24H19N5O2. The number of carbonyl (C=O) groups is 1. The summed E-state index contributed by atoms with van der Waals surface area (Å²) >= 11 is 0. The molecule has 5 aromatic rings. The van der Waals surface area contributed by atoms with Gasteiger partial charge in [-0.2, -0.15) is 0 Å². The molecule has 0 radical (unpaired) electrons. The van der Waals surface area contributed by atoms with Gasteiger partial charge < -0.3 is 14.5 Å². The third kappa shape index (κ3) is 3.57. The number of benzene rings is 2. The molecule has 0 spiro atoms. The predicted octanol–water partition coefficient (Wildman–Crippen LogP) is 4.51. The van der Waals surface area contributed by atoms with Crippen LogP contribution < -0.4 is 10.1 Å². The highest BCUT2D eigenvalue weighted by Crippen LogP contribution is 2.31. The normalized spacial score (nSPS) is 11.0. The molecule has 0 fully saturated rings. The highest BCUT2D eigenvalue weighted by Gasteiger charge is 2.14. The number of ether oxygens (including phenoxy) is 1. The van der Waals surface area contributed by atoms with Crippen molar-refractivity contribution in [1.29, 1.82) is 0 Å². The molecule has 31 heavy (non-hydrogen) atoms. The van der Waals surface area contributed by atoms with Crippen molar-refractivity contribution < 1.29 is 9.53 Å². The second-order valence-electron chi connectivity index (χ2n) is 7.21. The first-order valence-corrected chi connectivity index (χ1v) is 9.77. The van der Waals surface area contributed by atoms with E-state index in [-0.39, 0.29) is 11.6 Å². The molecule has 7 heteroatoms. The Hall–Kier alpha value is -4.26. The summed E-state index contributed by atoms with van der Waals surface area (Å²) in [4.78, 5) is 26.3. The Balaban J connectivity index is 1.49. The number of hydrogen-bond donors (Lipinski definition) is 1. The SMILES string of the molecule is COc1ccc(-c2cn3ccc(C)cc3n2)cc1NC(=O)c1cnc2ccccc2n1. The molecule has 1 amide bonds. The number of para-hydroxylation sites is 2. The highest BCUT2D eigenvalue weighted by atomic mass is 16.5. The molecule has 0 aliphatic heterocycles. The van der Waals surface area contributed by atoms with Crippen LogP contribution in [0.2, 0.25) is 0 Å². The van der Waals surface area contributed by atoms with Gasteiger partial charge in [-0.05, 0) is 55.0 Å². The van der Waals surface area contributed by atoms with Gasteiger partial charge in [0.2, 0.25) is 0 Å². The van der Waals surface area contributed by atoms with Crippen molar-refractivity contribution in [3.63, 3.8) is 0 Å². The number of nitrogens with zero attached hydrogens (tertiary/aromatic N) is 4. The second kappa shape index (κ2) is 7.53. The fourth-order valence-corrected chi connectivity index (χ4v) is 3.44. The number of aryl methyl sites for hydroxylation is 1. The van der Waals surface area contributed by atoms with Gasteiger partial charge in [0, 0.05) is 18.0 Å². The van der Waals surface area contributed by atoms with Gasteiger partial charge in [-0.15, -0.1) is 0 Å². The summed E-state index contributed by atoms with van der Waals surface area (Å²) in [6.45, 7) is 2.03. The minimum atomic E-state index is -0.362. The predicted molar refractivity (Wildman–Crippen MR) is 119 cm³/mol. The number of carbonyl (C=O) groups excluding carboxylic acids is 1. The number of rotatable bonds is 4. The molecule has 0 aliphatic rings. The van der Waals surface area contributed by atoms with Gasteiger partial charge in [0.1, 0.15) is 17.1 Å². The van der Waals surface area contributed by atoms with Crippen LogP contribution in [-0.2, 0) is 0 Å². The quantitative estimate of drug-likeness (QED) is 0.472. The molecule has 3 aromatic heterocycles. The molecule has 5 rings (SSSR count). The van der Waals surface area contributed by atoms with Gasteiger partial charge in [-0.1, -0.05) is 12.1 Å². The topological polar surface area (TPSA) is 81.4 Å². The van der Waals surface area contributed by atoms with Crippen LogP contribution in [0, 0.1) is 6.92 Å². The summed E-state index contributed by atoms with van der Waals surface area (Å²) in [7, 11) is 1.56. The van der Waals surface area contributed by atoms with E-state index in [0.29, 0.717) is 17.0 Å². The Bertz CT molecular complexity index is 1440. The standard InChI is InChI=1S/C24H19N5O2/c1-15-9-10-29-14-21(27-23(29)11-15)16-7-8-22(31-2)19(12-16)28-24(30)20-13-25-17-5-3-4-6-18(17)26-20/h3-14H,1-2H3,(H,28,30). The maximum absolute atomic E-state index is 12.9.